The summed E-state index contributed by atoms with van der Waals surface area (Å²) in [5, 5.41) is 11.8. The molecule has 1 aliphatic heterocycles. The number of nitrogens with one attached hydrogen (secondary N) is 1. The lowest BCUT2D eigenvalue weighted by atomic mass is 10.1. The van der Waals surface area contributed by atoms with Crippen molar-refractivity contribution in [2.75, 3.05) is 13.1 Å². The van der Waals surface area contributed by atoms with Gasteiger partial charge in [-0.25, -0.2) is 4.79 Å². The first-order valence-electron chi connectivity index (χ1n) is 4.39. The van der Waals surface area contributed by atoms with Crippen LogP contribution in [0.2, 0.25) is 0 Å². The number of carbonyl (C=O) groups is 1. The van der Waals surface area contributed by atoms with Crippen LogP contribution in [0.5, 0.6) is 0 Å². The maximum atomic E-state index is 10.6. The average Bonchev–Trinajstić information content (AvgIpc) is 2.71. The first-order chi connectivity index (χ1) is 6.77. The number of carboxylic acid groups (broad SMARTS) is 1. The highest BCUT2D eigenvalue weighted by molar-refractivity contribution is 6.00. The summed E-state index contributed by atoms with van der Waals surface area (Å²) in [6, 6.07) is 6.70. The minimum absolute atomic E-state index is 0. The molecular formula is C10H11ClN2O2. The van der Waals surface area contributed by atoms with E-state index in [0.717, 1.165) is 24.5 Å². The SMILES string of the molecule is Cl.O=C(O)c1ccc(C2=NCCN2)cc1. The highest BCUT2D eigenvalue weighted by Gasteiger charge is 2.08. The van der Waals surface area contributed by atoms with Crippen molar-refractivity contribution >= 4 is 24.2 Å². The van der Waals surface area contributed by atoms with Gasteiger partial charge in [0.15, 0.2) is 0 Å². The summed E-state index contributed by atoms with van der Waals surface area (Å²) in [6.45, 7) is 1.64. The lowest BCUT2D eigenvalue weighted by Crippen LogP contribution is -2.19. The van der Waals surface area contributed by atoms with Crippen molar-refractivity contribution in [2.24, 2.45) is 4.99 Å². The number of benzene rings is 1. The molecule has 0 spiro atoms. The van der Waals surface area contributed by atoms with Gasteiger partial charge >= 0.3 is 5.97 Å². The monoisotopic (exact) mass is 226 g/mol. The third-order valence-electron chi connectivity index (χ3n) is 2.08. The van der Waals surface area contributed by atoms with Gasteiger partial charge in [0.25, 0.3) is 0 Å². The third-order valence-corrected chi connectivity index (χ3v) is 2.08. The molecule has 1 aromatic rings. The molecule has 2 rings (SSSR count). The molecule has 1 aromatic carbocycles. The molecule has 4 nitrogen and oxygen atoms in total. The molecule has 80 valence electrons. The number of hydrogen-bond donors (Lipinski definition) is 2. The summed E-state index contributed by atoms with van der Waals surface area (Å²) in [5.74, 6) is -0.0557. The molecule has 0 aliphatic carbocycles. The van der Waals surface area contributed by atoms with E-state index in [2.05, 4.69) is 10.3 Å². The molecule has 1 heterocycles. The summed E-state index contributed by atoms with van der Waals surface area (Å²) < 4.78 is 0. The standard InChI is InChI=1S/C10H10N2O2.ClH/c13-10(14)8-3-1-7(2-4-8)9-11-5-6-12-9;/h1-4H,5-6H2,(H,11,12)(H,13,14);1H. The maximum absolute atomic E-state index is 10.6. The van der Waals surface area contributed by atoms with Crippen LogP contribution in [0.3, 0.4) is 0 Å². The molecule has 0 aromatic heterocycles. The molecule has 0 fully saturated rings. The Kier molecular flexibility index (Phi) is 3.68. The Labute approximate surface area is 93.4 Å². The fourth-order valence-electron chi connectivity index (χ4n) is 1.36. The van der Waals surface area contributed by atoms with Crippen LogP contribution in [0.1, 0.15) is 15.9 Å². The van der Waals surface area contributed by atoms with Crippen LogP contribution in [0.25, 0.3) is 0 Å². The molecule has 0 saturated heterocycles. The summed E-state index contributed by atoms with van der Waals surface area (Å²) in [7, 11) is 0. The minimum Gasteiger partial charge on any atom is -0.478 e. The first-order valence-corrected chi connectivity index (χ1v) is 4.39. The van der Waals surface area contributed by atoms with E-state index in [1.807, 2.05) is 0 Å². The summed E-state index contributed by atoms with van der Waals surface area (Å²) in [4.78, 5) is 14.8. The fourth-order valence-corrected chi connectivity index (χ4v) is 1.36. The van der Waals surface area contributed by atoms with E-state index in [0.29, 0.717) is 5.56 Å². The van der Waals surface area contributed by atoms with Gasteiger partial charge in [-0.3, -0.25) is 4.99 Å². The second-order valence-corrected chi connectivity index (χ2v) is 3.04. The smallest absolute Gasteiger partial charge is 0.335 e. The molecule has 0 amide bonds. The van der Waals surface area contributed by atoms with Gasteiger partial charge in [-0.1, -0.05) is 12.1 Å². The summed E-state index contributed by atoms with van der Waals surface area (Å²) >= 11 is 0. The normalized spacial score (nSPS) is 13.7. The second-order valence-electron chi connectivity index (χ2n) is 3.04. The minimum atomic E-state index is -0.905. The zero-order valence-electron chi connectivity index (χ0n) is 7.93. The van der Waals surface area contributed by atoms with Crippen LogP contribution in [-0.2, 0) is 0 Å². The van der Waals surface area contributed by atoms with Crippen molar-refractivity contribution in [1.29, 1.82) is 0 Å². The van der Waals surface area contributed by atoms with E-state index in [1.165, 1.54) is 0 Å². The molecule has 0 atom stereocenters. The number of halogens is 1. The topological polar surface area (TPSA) is 61.7 Å². The first kappa shape index (κ1) is 11.5. The van der Waals surface area contributed by atoms with Gasteiger partial charge in [0, 0.05) is 12.1 Å². The number of amidine groups is 1. The molecule has 15 heavy (non-hydrogen) atoms. The van der Waals surface area contributed by atoms with Crippen molar-refractivity contribution < 1.29 is 9.90 Å². The summed E-state index contributed by atoms with van der Waals surface area (Å²) in [5.41, 5.74) is 1.24. The molecule has 2 N–H and O–H groups in total. The van der Waals surface area contributed by atoms with Gasteiger partial charge in [-0.15, -0.1) is 12.4 Å². The Morgan fingerprint density at radius 1 is 1.33 bits per heavy atom. The van der Waals surface area contributed by atoms with Gasteiger partial charge < -0.3 is 10.4 Å². The molecule has 0 radical (unpaired) electrons. The van der Waals surface area contributed by atoms with E-state index in [1.54, 1.807) is 24.3 Å². The zero-order chi connectivity index (χ0) is 9.97. The third kappa shape index (κ3) is 2.47. The van der Waals surface area contributed by atoms with Crippen LogP contribution >= 0.6 is 12.4 Å². The molecule has 0 saturated carbocycles. The molecule has 5 heteroatoms. The quantitative estimate of drug-likeness (QED) is 0.796. The lowest BCUT2D eigenvalue weighted by Gasteiger charge is -2.01. The van der Waals surface area contributed by atoms with Crippen molar-refractivity contribution in [3.05, 3.63) is 35.4 Å². The Morgan fingerprint density at radius 2 is 2.00 bits per heavy atom. The molecular weight excluding hydrogens is 216 g/mol. The number of nitrogens with zero attached hydrogens (tertiary/aromatic N) is 1. The number of carboxylic acids is 1. The van der Waals surface area contributed by atoms with E-state index < -0.39 is 5.97 Å². The van der Waals surface area contributed by atoms with Crippen LogP contribution in [0.4, 0.5) is 0 Å². The van der Waals surface area contributed by atoms with Crippen LogP contribution in [0.15, 0.2) is 29.3 Å². The fraction of sp³-hybridized carbons (Fsp3) is 0.200. The van der Waals surface area contributed by atoms with Crippen LogP contribution in [-0.4, -0.2) is 30.0 Å². The van der Waals surface area contributed by atoms with Crippen LogP contribution in [0, 0.1) is 0 Å². The van der Waals surface area contributed by atoms with Gasteiger partial charge in [0.2, 0.25) is 0 Å². The Hall–Kier alpha value is -1.55. The van der Waals surface area contributed by atoms with Crippen molar-refractivity contribution in [1.82, 2.24) is 5.32 Å². The largest absolute Gasteiger partial charge is 0.478 e. The predicted octanol–water partition coefficient (Wildman–Crippen LogP) is 1.16. The molecule has 0 unspecified atom stereocenters. The maximum Gasteiger partial charge on any atom is 0.335 e. The van der Waals surface area contributed by atoms with Crippen LogP contribution < -0.4 is 5.32 Å². The Morgan fingerprint density at radius 3 is 2.47 bits per heavy atom. The lowest BCUT2D eigenvalue weighted by molar-refractivity contribution is 0.0697. The van der Waals surface area contributed by atoms with Crippen molar-refractivity contribution in [3.8, 4) is 0 Å². The number of aliphatic imine (C=N–C) groups is 1. The second kappa shape index (κ2) is 4.79. The number of aromatic carboxylic acids is 1. The Balaban J connectivity index is 0.00000112. The Bertz CT molecular complexity index is 387. The van der Waals surface area contributed by atoms with E-state index in [-0.39, 0.29) is 12.4 Å². The van der Waals surface area contributed by atoms with Gasteiger partial charge in [-0.2, -0.15) is 0 Å². The van der Waals surface area contributed by atoms with E-state index in [9.17, 15) is 4.79 Å². The number of hydrogen-bond acceptors (Lipinski definition) is 3. The predicted molar refractivity (Wildman–Crippen MR) is 60.1 cm³/mol. The number of rotatable bonds is 2. The van der Waals surface area contributed by atoms with Gasteiger partial charge in [0.1, 0.15) is 5.84 Å². The molecule has 0 bridgehead atoms. The molecule has 1 aliphatic rings. The highest BCUT2D eigenvalue weighted by Crippen LogP contribution is 2.06. The van der Waals surface area contributed by atoms with Crippen molar-refractivity contribution in [2.45, 2.75) is 0 Å². The average molecular weight is 227 g/mol. The zero-order valence-corrected chi connectivity index (χ0v) is 8.75. The van der Waals surface area contributed by atoms with Crippen molar-refractivity contribution in [3.63, 3.8) is 0 Å². The van der Waals surface area contributed by atoms with Gasteiger partial charge in [-0.05, 0) is 12.1 Å². The van der Waals surface area contributed by atoms with Gasteiger partial charge in [0.05, 0.1) is 12.1 Å². The van der Waals surface area contributed by atoms with E-state index in [4.69, 9.17) is 5.11 Å². The highest BCUT2D eigenvalue weighted by atomic mass is 35.5. The summed E-state index contributed by atoms with van der Waals surface area (Å²) in [6.07, 6.45) is 0. The van der Waals surface area contributed by atoms with E-state index >= 15 is 0 Å².